The van der Waals surface area contributed by atoms with Crippen LogP contribution >= 0.6 is 11.8 Å². The molecule has 1 unspecified atom stereocenters. The van der Waals surface area contributed by atoms with Gasteiger partial charge in [0, 0.05) is 31.2 Å². The zero-order chi connectivity index (χ0) is 23.4. The van der Waals surface area contributed by atoms with Crippen LogP contribution in [0.3, 0.4) is 0 Å². The summed E-state index contributed by atoms with van der Waals surface area (Å²) in [6.45, 7) is 2.83. The van der Waals surface area contributed by atoms with Gasteiger partial charge in [0.15, 0.2) is 5.16 Å². The van der Waals surface area contributed by atoms with E-state index in [2.05, 4.69) is 10.3 Å². The van der Waals surface area contributed by atoms with Crippen molar-refractivity contribution in [3.8, 4) is 5.69 Å². The maximum Gasteiger partial charge on any atom is 0.243 e. The SMILES string of the molecule is CC(Sc1nccn1-c1cccc(F)c1)C(=O)Nc1ccc(S(=O)(=O)N2CCCCC2)cc1. The highest BCUT2D eigenvalue weighted by atomic mass is 32.2. The van der Waals surface area contributed by atoms with Crippen LogP contribution in [0.25, 0.3) is 5.69 Å². The Morgan fingerprint density at radius 3 is 2.55 bits per heavy atom. The van der Waals surface area contributed by atoms with Crippen LogP contribution in [0, 0.1) is 5.82 Å². The highest BCUT2D eigenvalue weighted by Gasteiger charge is 2.26. The second-order valence-corrected chi connectivity index (χ2v) is 11.0. The number of hydrogen-bond acceptors (Lipinski definition) is 5. The lowest BCUT2D eigenvalue weighted by molar-refractivity contribution is -0.115. The van der Waals surface area contributed by atoms with Crippen molar-refractivity contribution >= 4 is 33.4 Å². The molecule has 1 aliphatic rings. The topological polar surface area (TPSA) is 84.3 Å². The zero-order valence-corrected chi connectivity index (χ0v) is 19.8. The Morgan fingerprint density at radius 1 is 1.12 bits per heavy atom. The number of amides is 1. The highest BCUT2D eigenvalue weighted by Crippen LogP contribution is 2.26. The number of benzene rings is 2. The summed E-state index contributed by atoms with van der Waals surface area (Å²) >= 11 is 1.25. The standard InChI is InChI=1S/C23H25FN4O3S2/c1-17(32-23-25-12-15-28(23)20-7-5-6-18(24)16-20)22(29)26-19-8-10-21(11-9-19)33(30,31)27-13-3-2-4-14-27/h5-12,15-17H,2-4,13-14H2,1H3,(H,26,29). The maximum atomic E-state index is 13.6. The van der Waals surface area contributed by atoms with E-state index in [0.29, 0.717) is 29.6 Å². The molecule has 2 aromatic carbocycles. The van der Waals surface area contributed by atoms with E-state index in [1.807, 2.05) is 0 Å². The van der Waals surface area contributed by atoms with Crippen LogP contribution in [0.15, 0.2) is 71.0 Å². The fourth-order valence-electron chi connectivity index (χ4n) is 3.62. The Kier molecular flexibility index (Phi) is 7.16. The number of nitrogens with one attached hydrogen (secondary N) is 1. The van der Waals surface area contributed by atoms with Crippen molar-refractivity contribution in [1.82, 2.24) is 13.9 Å². The molecule has 33 heavy (non-hydrogen) atoms. The van der Waals surface area contributed by atoms with Gasteiger partial charge in [-0.2, -0.15) is 4.31 Å². The Hall–Kier alpha value is -2.69. The molecule has 2 heterocycles. The summed E-state index contributed by atoms with van der Waals surface area (Å²) in [5.41, 5.74) is 1.13. The minimum absolute atomic E-state index is 0.224. The molecular formula is C23H25FN4O3S2. The fourth-order valence-corrected chi connectivity index (χ4v) is 6.02. The normalized spacial score (nSPS) is 15.8. The monoisotopic (exact) mass is 488 g/mol. The molecule has 0 spiro atoms. The van der Waals surface area contributed by atoms with Gasteiger partial charge in [-0.05, 0) is 62.2 Å². The van der Waals surface area contributed by atoms with Crippen molar-refractivity contribution in [3.05, 3.63) is 66.7 Å². The fraction of sp³-hybridized carbons (Fsp3) is 0.304. The number of anilines is 1. The first-order valence-corrected chi connectivity index (χ1v) is 13.0. The van der Waals surface area contributed by atoms with E-state index in [-0.39, 0.29) is 16.6 Å². The van der Waals surface area contributed by atoms with Crippen molar-refractivity contribution in [2.24, 2.45) is 0 Å². The van der Waals surface area contributed by atoms with E-state index < -0.39 is 15.3 Å². The molecule has 174 valence electrons. The summed E-state index contributed by atoms with van der Waals surface area (Å²) in [5, 5.41) is 2.89. The van der Waals surface area contributed by atoms with Gasteiger partial charge in [0.2, 0.25) is 15.9 Å². The number of imidazole rings is 1. The largest absolute Gasteiger partial charge is 0.325 e. The lowest BCUT2D eigenvalue weighted by Gasteiger charge is -2.25. The molecular weight excluding hydrogens is 463 g/mol. The minimum atomic E-state index is -3.51. The Balaban J connectivity index is 1.40. The lowest BCUT2D eigenvalue weighted by Crippen LogP contribution is -2.35. The molecule has 0 aliphatic carbocycles. The van der Waals surface area contributed by atoms with Crippen LogP contribution in [-0.2, 0) is 14.8 Å². The van der Waals surface area contributed by atoms with Crippen LogP contribution < -0.4 is 5.32 Å². The van der Waals surface area contributed by atoms with Crippen molar-refractivity contribution < 1.29 is 17.6 Å². The number of piperidine rings is 1. The van der Waals surface area contributed by atoms with Crippen molar-refractivity contribution in [2.75, 3.05) is 18.4 Å². The molecule has 1 fully saturated rings. The number of halogens is 1. The number of carbonyl (C=O) groups excluding carboxylic acids is 1. The molecule has 1 atom stereocenters. The number of rotatable bonds is 7. The van der Waals surface area contributed by atoms with E-state index >= 15 is 0 Å². The first-order valence-electron chi connectivity index (χ1n) is 10.7. The van der Waals surface area contributed by atoms with Gasteiger partial charge < -0.3 is 5.32 Å². The smallest absolute Gasteiger partial charge is 0.243 e. The second-order valence-electron chi connectivity index (χ2n) is 7.80. The van der Waals surface area contributed by atoms with Gasteiger partial charge in [-0.15, -0.1) is 0 Å². The van der Waals surface area contributed by atoms with E-state index in [1.54, 1.807) is 48.1 Å². The Bertz CT molecular complexity index is 1220. The van der Waals surface area contributed by atoms with Gasteiger partial charge in [-0.1, -0.05) is 24.2 Å². The summed E-state index contributed by atoms with van der Waals surface area (Å²) in [6.07, 6.45) is 6.11. The van der Waals surface area contributed by atoms with Gasteiger partial charge in [-0.3, -0.25) is 9.36 Å². The Morgan fingerprint density at radius 2 is 1.85 bits per heavy atom. The molecule has 0 bridgehead atoms. The van der Waals surface area contributed by atoms with E-state index in [0.717, 1.165) is 19.3 Å². The molecule has 1 N–H and O–H groups in total. The average Bonchev–Trinajstić information content (AvgIpc) is 3.28. The first-order chi connectivity index (χ1) is 15.8. The number of carbonyl (C=O) groups is 1. The minimum Gasteiger partial charge on any atom is -0.325 e. The predicted molar refractivity (Wildman–Crippen MR) is 127 cm³/mol. The third-order valence-corrected chi connectivity index (χ3v) is 8.41. The third kappa shape index (κ3) is 5.45. The van der Waals surface area contributed by atoms with Gasteiger partial charge in [0.25, 0.3) is 0 Å². The molecule has 1 aromatic heterocycles. The molecule has 0 radical (unpaired) electrons. The zero-order valence-electron chi connectivity index (χ0n) is 18.1. The molecule has 1 amide bonds. The van der Waals surface area contributed by atoms with Crippen LogP contribution in [0.5, 0.6) is 0 Å². The summed E-state index contributed by atoms with van der Waals surface area (Å²) in [5.74, 6) is -0.603. The van der Waals surface area contributed by atoms with Crippen LogP contribution in [-0.4, -0.2) is 46.5 Å². The maximum absolute atomic E-state index is 13.6. The quantitative estimate of drug-likeness (QED) is 0.501. The number of thioether (sulfide) groups is 1. The summed E-state index contributed by atoms with van der Waals surface area (Å²) < 4.78 is 42.4. The van der Waals surface area contributed by atoms with E-state index in [1.165, 1.54) is 40.3 Å². The second kappa shape index (κ2) is 10.1. The summed E-state index contributed by atoms with van der Waals surface area (Å²) in [4.78, 5) is 17.2. The van der Waals surface area contributed by atoms with Gasteiger partial charge in [0.05, 0.1) is 15.8 Å². The summed E-state index contributed by atoms with van der Waals surface area (Å²) in [6, 6.07) is 12.4. The van der Waals surface area contributed by atoms with Crippen molar-refractivity contribution in [1.29, 1.82) is 0 Å². The highest BCUT2D eigenvalue weighted by molar-refractivity contribution is 8.00. The van der Waals surface area contributed by atoms with Crippen LogP contribution in [0.2, 0.25) is 0 Å². The molecule has 3 aromatic rings. The molecule has 10 heteroatoms. The lowest BCUT2D eigenvalue weighted by atomic mass is 10.2. The third-order valence-electron chi connectivity index (χ3n) is 5.42. The van der Waals surface area contributed by atoms with Crippen molar-refractivity contribution in [3.63, 3.8) is 0 Å². The van der Waals surface area contributed by atoms with Gasteiger partial charge in [0.1, 0.15) is 5.82 Å². The summed E-state index contributed by atoms with van der Waals surface area (Å²) in [7, 11) is -3.51. The Labute approximate surface area is 197 Å². The molecule has 4 rings (SSSR count). The molecule has 1 saturated heterocycles. The van der Waals surface area contributed by atoms with Crippen LogP contribution in [0.4, 0.5) is 10.1 Å². The molecule has 1 aliphatic heterocycles. The number of hydrogen-bond donors (Lipinski definition) is 1. The molecule has 7 nitrogen and oxygen atoms in total. The first kappa shape index (κ1) is 23.5. The number of sulfonamides is 1. The van der Waals surface area contributed by atoms with E-state index in [4.69, 9.17) is 0 Å². The van der Waals surface area contributed by atoms with Gasteiger partial charge in [-0.25, -0.2) is 17.8 Å². The average molecular weight is 489 g/mol. The van der Waals surface area contributed by atoms with Crippen LogP contribution in [0.1, 0.15) is 26.2 Å². The number of aromatic nitrogens is 2. The van der Waals surface area contributed by atoms with E-state index in [9.17, 15) is 17.6 Å². The van der Waals surface area contributed by atoms with Gasteiger partial charge >= 0.3 is 0 Å². The predicted octanol–water partition coefficient (Wildman–Crippen LogP) is 4.31. The molecule has 0 saturated carbocycles. The number of nitrogens with zero attached hydrogens (tertiary/aromatic N) is 3. The van der Waals surface area contributed by atoms with Crippen molar-refractivity contribution in [2.45, 2.75) is 41.5 Å².